The summed E-state index contributed by atoms with van der Waals surface area (Å²) in [6.07, 6.45) is 1.63. The van der Waals surface area contributed by atoms with Crippen molar-refractivity contribution in [2.24, 2.45) is 0 Å². The standard InChI is InChI=1S/C13H19N3O2/c1-3-14-12-5-4-11(8-15-12)13(17)16-6-7-18-9-10(16)2/h4-5,8,10H,3,6-7,9H2,1-2H3,(H,14,15). The lowest BCUT2D eigenvalue weighted by Crippen LogP contribution is -2.47. The average molecular weight is 249 g/mol. The molecule has 1 aromatic heterocycles. The highest BCUT2D eigenvalue weighted by Crippen LogP contribution is 2.13. The Morgan fingerprint density at radius 2 is 2.44 bits per heavy atom. The molecular weight excluding hydrogens is 230 g/mol. The van der Waals surface area contributed by atoms with Crippen molar-refractivity contribution in [1.82, 2.24) is 9.88 Å². The van der Waals surface area contributed by atoms with Crippen LogP contribution < -0.4 is 5.32 Å². The Balaban J connectivity index is 2.08. The maximum atomic E-state index is 12.3. The maximum absolute atomic E-state index is 12.3. The molecular formula is C13H19N3O2. The molecule has 1 saturated heterocycles. The number of carbonyl (C=O) groups is 1. The van der Waals surface area contributed by atoms with Crippen molar-refractivity contribution in [2.45, 2.75) is 19.9 Å². The quantitative estimate of drug-likeness (QED) is 0.879. The average Bonchev–Trinajstić information content (AvgIpc) is 2.40. The molecule has 5 heteroatoms. The number of pyridine rings is 1. The van der Waals surface area contributed by atoms with Crippen LogP contribution >= 0.6 is 0 Å². The van der Waals surface area contributed by atoms with Crippen LogP contribution in [0.5, 0.6) is 0 Å². The van der Waals surface area contributed by atoms with Crippen LogP contribution in [0.4, 0.5) is 5.82 Å². The number of amides is 1. The van der Waals surface area contributed by atoms with Gasteiger partial charge in [-0.1, -0.05) is 0 Å². The molecule has 98 valence electrons. The van der Waals surface area contributed by atoms with Gasteiger partial charge in [0.25, 0.3) is 5.91 Å². The molecule has 1 N–H and O–H groups in total. The molecule has 1 aliphatic heterocycles. The Hall–Kier alpha value is -1.62. The summed E-state index contributed by atoms with van der Waals surface area (Å²) in [5, 5.41) is 3.11. The van der Waals surface area contributed by atoms with Gasteiger partial charge >= 0.3 is 0 Å². The van der Waals surface area contributed by atoms with Crippen LogP contribution in [0.25, 0.3) is 0 Å². The van der Waals surface area contributed by atoms with Crippen molar-refractivity contribution in [3.05, 3.63) is 23.9 Å². The number of anilines is 1. The smallest absolute Gasteiger partial charge is 0.255 e. The highest BCUT2D eigenvalue weighted by atomic mass is 16.5. The minimum atomic E-state index is 0.0290. The van der Waals surface area contributed by atoms with E-state index in [1.807, 2.05) is 30.9 Å². The zero-order valence-electron chi connectivity index (χ0n) is 10.8. The number of hydrogen-bond acceptors (Lipinski definition) is 4. The first-order chi connectivity index (χ1) is 8.72. The van der Waals surface area contributed by atoms with Crippen molar-refractivity contribution in [1.29, 1.82) is 0 Å². The summed E-state index contributed by atoms with van der Waals surface area (Å²) in [5.41, 5.74) is 0.630. The van der Waals surface area contributed by atoms with E-state index in [1.165, 1.54) is 0 Å². The number of morpholine rings is 1. The topological polar surface area (TPSA) is 54.5 Å². The summed E-state index contributed by atoms with van der Waals surface area (Å²) < 4.78 is 5.33. The molecule has 0 aromatic carbocycles. The number of rotatable bonds is 3. The predicted molar refractivity (Wildman–Crippen MR) is 69.7 cm³/mol. The SMILES string of the molecule is CCNc1ccc(C(=O)N2CCOCC2C)cn1. The fourth-order valence-electron chi connectivity index (χ4n) is 2.00. The summed E-state index contributed by atoms with van der Waals surface area (Å²) in [7, 11) is 0. The number of aromatic nitrogens is 1. The van der Waals surface area contributed by atoms with Crippen molar-refractivity contribution in [3.8, 4) is 0 Å². The summed E-state index contributed by atoms with van der Waals surface area (Å²) in [6.45, 7) is 6.69. The number of hydrogen-bond donors (Lipinski definition) is 1. The van der Waals surface area contributed by atoms with Gasteiger partial charge in [0.05, 0.1) is 24.8 Å². The number of nitrogens with zero attached hydrogens (tertiary/aromatic N) is 2. The third-order valence-electron chi connectivity index (χ3n) is 3.00. The molecule has 1 unspecified atom stereocenters. The fourth-order valence-corrected chi connectivity index (χ4v) is 2.00. The van der Waals surface area contributed by atoms with Gasteiger partial charge in [-0.25, -0.2) is 4.98 Å². The van der Waals surface area contributed by atoms with E-state index >= 15 is 0 Å². The molecule has 1 fully saturated rings. The van der Waals surface area contributed by atoms with Crippen molar-refractivity contribution >= 4 is 11.7 Å². The molecule has 0 saturated carbocycles. The second kappa shape index (κ2) is 5.82. The highest BCUT2D eigenvalue weighted by Gasteiger charge is 2.24. The van der Waals surface area contributed by atoms with Crippen LogP contribution in [0.3, 0.4) is 0 Å². The third-order valence-corrected chi connectivity index (χ3v) is 3.00. The Labute approximate surface area is 107 Å². The van der Waals surface area contributed by atoms with E-state index in [2.05, 4.69) is 10.3 Å². The number of ether oxygens (including phenoxy) is 1. The van der Waals surface area contributed by atoms with E-state index < -0.39 is 0 Å². The van der Waals surface area contributed by atoms with E-state index in [4.69, 9.17) is 4.74 Å². The van der Waals surface area contributed by atoms with Crippen molar-refractivity contribution < 1.29 is 9.53 Å². The zero-order valence-corrected chi connectivity index (χ0v) is 10.8. The first-order valence-corrected chi connectivity index (χ1v) is 6.31. The third kappa shape index (κ3) is 2.79. The van der Waals surface area contributed by atoms with E-state index in [1.54, 1.807) is 6.20 Å². The second-order valence-corrected chi connectivity index (χ2v) is 4.38. The Kier molecular flexibility index (Phi) is 4.15. The molecule has 1 aliphatic rings. The molecule has 2 rings (SSSR count). The lowest BCUT2D eigenvalue weighted by atomic mass is 10.2. The van der Waals surface area contributed by atoms with Gasteiger partial charge in [0.2, 0.25) is 0 Å². The van der Waals surface area contributed by atoms with E-state index in [9.17, 15) is 4.79 Å². The van der Waals surface area contributed by atoms with Gasteiger partial charge < -0.3 is 15.0 Å². The predicted octanol–water partition coefficient (Wildman–Crippen LogP) is 1.37. The lowest BCUT2D eigenvalue weighted by molar-refractivity contribution is 0.00357. The van der Waals surface area contributed by atoms with Gasteiger partial charge in [-0.3, -0.25) is 4.79 Å². The van der Waals surface area contributed by atoms with E-state index in [-0.39, 0.29) is 11.9 Å². The minimum Gasteiger partial charge on any atom is -0.377 e. The van der Waals surface area contributed by atoms with E-state index in [0.29, 0.717) is 25.3 Å². The minimum absolute atomic E-state index is 0.0290. The summed E-state index contributed by atoms with van der Waals surface area (Å²) in [4.78, 5) is 18.3. The van der Waals surface area contributed by atoms with Crippen LogP contribution in [0.2, 0.25) is 0 Å². The van der Waals surface area contributed by atoms with E-state index in [0.717, 1.165) is 12.4 Å². The van der Waals surface area contributed by atoms with Crippen molar-refractivity contribution in [3.63, 3.8) is 0 Å². The second-order valence-electron chi connectivity index (χ2n) is 4.38. The van der Waals surface area contributed by atoms with Gasteiger partial charge in [0.15, 0.2) is 0 Å². The summed E-state index contributed by atoms with van der Waals surface area (Å²) in [6, 6.07) is 3.77. The molecule has 1 atom stereocenters. The van der Waals surface area contributed by atoms with Crippen LogP contribution in [-0.4, -0.2) is 48.1 Å². The Morgan fingerprint density at radius 1 is 1.61 bits per heavy atom. The van der Waals surface area contributed by atoms with Gasteiger partial charge in [0, 0.05) is 19.3 Å². The molecule has 0 radical (unpaired) electrons. The monoisotopic (exact) mass is 249 g/mol. The normalized spacial score (nSPS) is 19.7. The van der Waals surface area contributed by atoms with Crippen LogP contribution in [0, 0.1) is 0 Å². The molecule has 1 aromatic rings. The summed E-state index contributed by atoms with van der Waals surface area (Å²) >= 11 is 0. The highest BCUT2D eigenvalue weighted by molar-refractivity contribution is 5.94. The van der Waals surface area contributed by atoms with Gasteiger partial charge in [-0.05, 0) is 26.0 Å². The fraction of sp³-hybridized carbons (Fsp3) is 0.538. The molecule has 18 heavy (non-hydrogen) atoms. The largest absolute Gasteiger partial charge is 0.377 e. The first-order valence-electron chi connectivity index (χ1n) is 6.31. The van der Waals surface area contributed by atoms with Gasteiger partial charge in [-0.2, -0.15) is 0 Å². The van der Waals surface area contributed by atoms with Gasteiger partial charge in [-0.15, -0.1) is 0 Å². The number of carbonyl (C=O) groups excluding carboxylic acids is 1. The number of nitrogens with one attached hydrogen (secondary N) is 1. The Bertz CT molecular complexity index is 405. The van der Waals surface area contributed by atoms with Crippen LogP contribution in [0.1, 0.15) is 24.2 Å². The van der Waals surface area contributed by atoms with Crippen LogP contribution in [0.15, 0.2) is 18.3 Å². The molecule has 0 spiro atoms. The zero-order chi connectivity index (χ0) is 13.0. The molecule has 0 bridgehead atoms. The molecule has 1 amide bonds. The maximum Gasteiger partial charge on any atom is 0.255 e. The molecule has 5 nitrogen and oxygen atoms in total. The summed E-state index contributed by atoms with van der Waals surface area (Å²) in [5.74, 6) is 0.824. The molecule has 0 aliphatic carbocycles. The van der Waals surface area contributed by atoms with Crippen LogP contribution in [-0.2, 0) is 4.74 Å². The van der Waals surface area contributed by atoms with Crippen molar-refractivity contribution in [2.75, 3.05) is 31.6 Å². The lowest BCUT2D eigenvalue weighted by Gasteiger charge is -2.33. The molecule has 2 heterocycles. The first kappa shape index (κ1) is 12.8. The van der Waals surface area contributed by atoms with Gasteiger partial charge in [0.1, 0.15) is 5.82 Å². The Morgan fingerprint density at radius 3 is 3.06 bits per heavy atom.